The molecule has 4 heteroatoms. The van der Waals surface area contributed by atoms with Gasteiger partial charge in [-0.15, -0.1) is 0 Å². The summed E-state index contributed by atoms with van der Waals surface area (Å²) in [4.78, 5) is 12.6. The zero-order valence-corrected chi connectivity index (χ0v) is 12.2. The second kappa shape index (κ2) is 5.05. The van der Waals surface area contributed by atoms with Crippen molar-refractivity contribution in [1.29, 1.82) is 0 Å². The average Bonchev–Trinajstić information content (AvgIpc) is 2.70. The van der Waals surface area contributed by atoms with Crippen molar-refractivity contribution in [3.8, 4) is 0 Å². The molecule has 0 aromatic heterocycles. The lowest BCUT2D eigenvalue weighted by Crippen LogP contribution is -2.29. The maximum absolute atomic E-state index is 13.5. The van der Waals surface area contributed by atoms with Gasteiger partial charge < -0.3 is 4.74 Å². The standard InChI is InChI=1S/C18H14F2O2/c1-18(2)17(21)15(11-5-3-7-13(19)9-11)16(22-18)12-6-4-8-14(20)10-12/h3-10H,1-2H3. The van der Waals surface area contributed by atoms with Gasteiger partial charge in [0.05, 0.1) is 5.57 Å². The van der Waals surface area contributed by atoms with E-state index < -0.39 is 17.2 Å². The van der Waals surface area contributed by atoms with Gasteiger partial charge in [-0.05, 0) is 43.7 Å². The molecular formula is C18H14F2O2. The van der Waals surface area contributed by atoms with Gasteiger partial charge >= 0.3 is 0 Å². The molecule has 1 heterocycles. The van der Waals surface area contributed by atoms with E-state index in [9.17, 15) is 13.6 Å². The first-order valence-electron chi connectivity index (χ1n) is 6.88. The molecule has 3 rings (SSSR count). The number of carbonyl (C=O) groups excluding carboxylic acids is 1. The number of rotatable bonds is 2. The highest BCUT2D eigenvalue weighted by Gasteiger charge is 2.42. The van der Waals surface area contributed by atoms with Gasteiger partial charge in [0, 0.05) is 5.56 Å². The third-order valence-electron chi connectivity index (χ3n) is 3.56. The third kappa shape index (κ3) is 2.41. The highest BCUT2D eigenvalue weighted by atomic mass is 19.1. The van der Waals surface area contributed by atoms with Gasteiger partial charge in [0.25, 0.3) is 0 Å². The summed E-state index contributed by atoms with van der Waals surface area (Å²) >= 11 is 0. The van der Waals surface area contributed by atoms with Gasteiger partial charge in [-0.1, -0.05) is 24.3 Å². The molecule has 0 radical (unpaired) electrons. The fourth-order valence-electron chi connectivity index (χ4n) is 2.50. The van der Waals surface area contributed by atoms with Crippen molar-refractivity contribution in [3.05, 3.63) is 71.3 Å². The van der Waals surface area contributed by atoms with Crippen LogP contribution in [0.5, 0.6) is 0 Å². The van der Waals surface area contributed by atoms with E-state index in [-0.39, 0.29) is 17.1 Å². The quantitative estimate of drug-likeness (QED) is 0.830. The van der Waals surface area contributed by atoms with Gasteiger partial charge in [-0.3, -0.25) is 4.79 Å². The van der Waals surface area contributed by atoms with Crippen LogP contribution < -0.4 is 0 Å². The summed E-state index contributed by atoms with van der Waals surface area (Å²) in [6.45, 7) is 3.28. The van der Waals surface area contributed by atoms with E-state index >= 15 is 0 Å². The molecule has 1 aliphatic heterocycles. The van der Waals surface area contributed by atoms with Gasteiger partial charge in [-0.2, -0.15) is 0 Å². The topological polar surface area (TPSA) is 26.3 Å². The van der Waals surface area contributed by atoms with Crippen molar-refractivity contribution in [2.75, 3.05) is 0 Å². The molecule has 1 aliphatic rings. The Morgan fingerprint density at radius 3 is 2.05 bits per heavy atom. The predicted octanol–water partition coefficient (Wildman–Crippen LogP) is 4.21. The first-order chi connectivity index (χ1) is 10.4. The molecule has 0 atom stereocenters. The summed E-state index contributed by atoms with van der Waals surface area (Å²) in [5.41, 5.74) is 0.0895. The molecule has 2 aromatic rings. The van der Waals surface area contributed by atoms with Crippen LogP contribution in [0, 0.1) is 11.6 Å². The molecule has 0 saturated heterocycles. The Kier molecular flexibility index (Phi) is 3.32. The second-order valence-electron chi connectivity index (χ2n) is 5.67. The largest absolute Gasteiger partial charge is 0.478 e. The molecule has 0 bridgehead atoms. The van der Waals surface area contributed by atoms with E-state index in [2.05, 4.69) is 0 Å². The molecule has 0 unspecified atom stereocenters. The van der Waals surface area contributed by atoms with Crippen LogP contribution in [0.2, 0.25) is 0 Å². The van der Waals surface area contributed by atoms with E-state index in [1.807, 2.05) is 0 Å². The highest BCUT2D eigenvalue weighted by Crippen LogP contribution is 2.41. The van der Waals surface area contributed by atoms with Gasteiger partial charge in [0.2, 0.25) is 5.78 Å². The SMILES string of the molecule is CC1(C)OC(c2cccc(F)c2)=C(c2cccc(F)c2)C1=O. The molecular weight excluding hydrogens is 286 g/mol. The second-order valence-corrected chi connectivity index (χ2v) is 5.67. The van der Waals surface area contributed by atoms with Crippen molar-refractivity contribution in [2.24, 2.45) is 0 Å². The number of ketones is 1. The first-order valence-corrected chi connectivity index (χ1v) is 6.88. The van der Waals surface area contributed by atoms with E-state index in [1.165, 1.54) is 30.3 Å². The highest BCUT2D eigenvalue weighted by molar-refractivity contribution is 6.32. The molecule has 0 amide bonds. The van der Waals surface area contributed by atoms with E-state index in [0.717, 1.165) is 0 Å². The number of halogens is 2. The molecule has 0 saturated carbocycles. The zero-order valence-electron chi connectivity index (χ0n) is 12.2. The fourth-order valence-corrected chi connectivity index (χ4v) is 2.50. The molecule has 22 heavy (non-hydrogen) atoms. The number of Topliss-reactive ketones (excluding diaryl/α,β-unsaturated/α-hetero) is 1. The van der Waals surface area contributed by atoms with Crippen LogP contribution in [-0.2, 0) is 9.53 Å². The Hall–Kier alpha value is -2.49. The summed E-state index contributed by atoms with van der Waals surface area (Å²) in [6, 6.07) is 11.6. The van der Waals surface area contributed by atoms with Crippen LogP contribution in [0.15, 0.2) is 48.5 Å². The summed E-state index contributed by atoms with van der Waals surface area (Å²) in [7, 11) is 0. The Morgan fingerprint density at radius 1 is 0.909 bits per heavy atom. The lowest BCUT2D eigenvalue weighted by atomic mass is 9.92. The fraction of sp³-hybridized carbons (Fsp3) is 0.167. The summed E-state index contributed by atoms with van der Waals surface area (Å²) < 4.78 is 32.7. The smallest absolute Gasteiger partial charge is 0.210 e. The Balaban J connectivity index is 2.23. The van der Waals surface area contributed by atoms with Gasteiger partial charge in [0.1, 0.15) is 17.4 Å². The number of ether oxygens (including phenoxy) is 1. The lowest BCUT2D eigenvalue weighted by Gasteiger charge is -2.17. The minimum absolute atomic E-state index is 0.252. The molecule has 0 spiro atoms. The van der Waals surface area contributed by atoms with Crippen molar-refractivity contribution < 1.29 is 18.3 Å². The third-order valence-corrected chi connectivity index (χ3v) is 3.56. The monoisotopic (exact) mass is 300 g/mol. The predicted molar refractivity (Wildman–Crippen MR) is 79.8 cm³/mol. The number of benzene rings is 2. The van der Waals surface area contributed by atoms with Crippen molar-refractivity contribution in [1.82, 2.24) is 0 Å². The molecule has 2 aromatic carbocycles. The summed E-state index contributed by atoms with van der Waals surface area (Å²) in [5, 5.41) is 0. The molecule has 0 fully saturated rings. The van der Waals surface area contributed by atoms with E-state index in [1.54, 1.807) is 32.0 Å². The normalized spacial score (nSPS) is 16.8. The molecule has 112 valence electrons. The van der Waals surface area contributed by atoms with Crippen LogP contribution in [0.4, 0.5) is 8.78 Å². The maximum Gasteiger partial charge on any atom is 0.210 e. The molecule has 0 N–H and O–H groups in total. The minimum Gasteiger partial charge on any atom is -0.478 e. The Morgan fingerprint density at radius 2 is 1.45 bits per heavy atom. The van der Waals surface area contributed by atoms with Crippen molar-refractivity contribution in [3.63, 3.8) is 0 Å². The number of hydrogen-bond donors (Lipinski definition) is 0. The van der Waals surface area contributed by atoms with Crippen molar-refractivity contribution in [2.45, 2.75) is 19.4 Å². The van der Waals surface area contributed by atoms with Crippen molar-refractivity contribution >= 4 is 17.1 Å². The van der Waals surface area contributed by atoms with Crippen LogP contribution >= 0.6 is 0 Å². The minimum atomic E-state index is -1.07. The van der Waals surface area contributed by atoms with E-state index in [4.69, 9.17) is 4.74 Å². The summed E-state index contributed by atoms with van der Waals surface area (Å²) in [5.74, 6) is -0.845. The summed E-state index contributed by atoms with van der Waals surface area (Å²) in [6.07, 6.45) is 0. The number of carbonyl (C=O) groups is 1. The Labute approximate surface area is 127 Å². The van der Waals surface area contributed by atoms with Crippen LogP contribution in [0.25, 0.3) is 11.3 Å². The van der Waals surface area contributed by atoms with Crippen LogP contribution in [0.3, 0.4) is 0 Å². The first kappa shape index (κ1) is 14.4. The average molecular weight is 300 g/mol. The van der Waals surface area contributed by atoms with E-state index in [0.29, 0.717) is 11.1 Å². The van der Waals surface area contributed by atoms with Crippen LogP contribution in [0.1, 0.15) is 25.0 Å². The van der Waals surface area contributed by atoms with Gasteiger partial charge in [-0.25, -0.2) is 8.78 Å². The van der Waals surface area contributed by atoms with Gasteiger partial charge in [0.15, 0.2) is 5.60 Å². The molecule has 0 aliphatic carbocycles. The van der Waals surface area contributed by atoms with Crippen LogP contribution in [-0.4, -0.2) is 11.4 Å². The molecule has 2 nitrogen and oxygen atoms in total. The maximum atomic E-state index is 13.5. The zero-order chi connectivity index (χ0) is 15.9. The lowest BCUT2D eigenvalue weighted by molar-refractivity contribution is -0.125. The Bertz CT molecular complexity index is 791. The number of hydrogen-bond acceptors (Lipinski definition) is 2.